The Bertz CT molecular complexity index is 1100. The molecular formula is C23H15Cl2NO3. The predicted molar refractivity (Wildman–Crippen MR) is 114 cm³/mol. The van der Waals surface area contributed by atoms with Crippen LogP contribution >= 0.6 is 23.2 Å². The van der Waals surface area contributed by atoms with Crippen molar-refractivity contribution < 1.29 is 14.6 Å². The van der Waals surface area contributed by atoms with Gasteiger partial charge in [-0.1, -0.05) is 53.5 Å². The minimum Gasteiger partial charge on any atom is -0.489 e. The monoisotopic (exact) mass is 423 g/mol. The van der Waals surface area contributed by atoms with Crippen molar-refractivity contribution in [1.82, 2.24) is 0 Å². The number of carboxylic acid groups (broad SMARTS) is 1. The molecule has 0 spiro atoms. The summed E-state index contributed by atoms with van der Waals surface area (Å²) in [4.78, 5) is 10.9. The Morgan fingerprint density at radius 2 is 1.66 bits per heavy atom. The molecule has 6 heteroatoms. The molecule has 0 atom stereocenters. The molecule has 0 bridgehead atoms. The highest BCUT2D eigenvalue weighted by atomic mass is 35.5. The predicted octanol–water partition coefficient (Wildman–Crippen LogP) is 6.33. The van der Waals surface area contributed by atoms with Crippen LogP contribution in [0.4, 0.5) is 0 Å². The zero-order valence-corrected chi connectivity index (χ0v) is 16.6. The van der Waals surface area contributed by atoms with E-state index in [0.29, 0.717) is 33.5 Å². The average Bonchev–Trinajstić information content (AvgIpc) is 2.72. The lowest BCUT2D eigenvalue weighted by Gasteiger charge is -2.08. The van der Waals surface area contributed by atoms with Crippen molar-refractivity contribution in [2.75, 3.05) is 0 Å². The van der Waals surface area contributed by atoms with Gasteiger partial charge < -0.3 is 9.84 Å². The Labute approximate surface area is 178 Å². The van der Waals surface area contributed by atoms with E-state index in [-0.39, 0.29) is 5.56 Å². The van der Waals surface area contributed by atoms with Gasteiger partial charge in [0.2, 0.25) is 0 Å². The number of benzene rings is 3. The van der Waals surface area contributed by atoms with E-state index in [1.165, 1.54) is 12.1 Å². The van der Waals surface area contributed by atoms with Crippen LogP contribution in [0.2, 0.25) is 10.0 Å². The number of aromatic carboxylic acids is 1. The lowest BCUT2D eigenvalue weighted by atomic mass is 10.0. The first-order chi connectivity index (χ1) is 14.0. The molecule has 0 aliphatic rings. The summed E-state index contributed by atoms with van der Waals surface area (Å²) in [5, 5.41) is 19.5. The van der Waals surface area contributed by atoms with E-state index < -0.39 is 5.97 Å². The number of carboxylic acids is 1. The second-order valence-electron chi connectivity index (χ2n) is 6.15. The van der Waals surface area contributed by atoms with Gasteiger partial charge >= 0.3 is 5.97 Å². The highest BCUT2D eigenvalue weighted by Crippen LogP contribution is 2.24. The molecule has 4 nitrogen and oxygen atoms in total. The molecule has 0 saturated heterocycles. The van der Waals surface area contributed by atoms with Gasteiger partial charge in [0.1, 0.15) is 12.4 Å². The van der Waals surface area contributed by atoms with Crippen LogP contribution in [-0.2, 0) is 6.61 Å². The quantitative estimate of drug-likeness (QED) is 0.371. The zero-order valence-electron chi connectivity index (χ0n) is 15.1. The summed E-state index contributed by atoms with van der Waals surface area (Å²) in [5.74, 6) is -0.341. The normalized spacial score (nSPS) is 11.0. The number of allylic oxidation sites excluding steroid dienone is 1. The van der Waals surface area contributed by atoms with E-state index in [0.717, 1.165) is 11.1 Å². The van der Waals surface area contributed by atoms with Crippen molar-refractivity contribution in [2.45, 2.75) is 6.61 Å². The first kappa shape index (κ1) is 20.5. The van der Waals surface area contributed by atoms with Crippen LogP contribution < -0.4 is 4.74 Å². The molecule has 0 saturated carbocycles. The standard InChI is InChI=1S/C23H15Cl2NO3/c24-20-8-7-18(22(25)12-20)14-29-21-9-1-15(2-10-21)11-19(13-26)16-3-5-17(6-4-16)23(27)28/h1-12H,14H2,(H,27,28)/b19-11-. The summed E-state index contributed by atoms with van der Waals surface area (Å²) in [6, 6.07) is 20.8. The number of rotatable bonds is 6. The molecule has 3 aromatic carbocycles. The summed E-state index contributed by atoms with van der Waals surface area (Å²) in [6.07, 6.45) is 1.73. The molecule has 1 N–H and O–H groups in total. The van der Waals surface area contributed by atoms with Crippen molar-refractivity contribution in [3.05, 3.63) is 99.0 Å². The van der Waals surface area contributed by atoms with Gasteiger partial charge in [0, 0.05) is 15.6 Å². The van der Waals surface area contributed by atoms with E-state index in [1.54, 1.807) is 42.5 Å². The average molecular weight is 424 g/mol. The number of ether oxygens (including phenoxy) is 1. The smallest absolute Gasteiger partial charge is 0.335 e. The van der Waals surface area contributed by atoms with Gasteiger partial charge in [-0.2, -0.15) is 5.26 Å². The number of hydrogen-bond acceptors (Lipinski definition) is 3. The molecule has 29 heavy (non-hydrogen) atoms. The second kappa shape index (κ2) is 9.29. The lowest BCUT2D eigenvalue weighted by Crippen LogP contribution is -1.96. The van der Waals surface area contributed by atoms with Crippen molar-refractivity contribution in [3.63, 3.8) is 0 Å². The fourth-order valence-corrected chi connectivity index (χ4v) is 3.06. The molecule has 3 aromatic rings. The number of nitriles is 1. The van der Waals surface area contributed by atoms with Crippen LogP contribution in [0.5, 0.6) is 5.75 Å². The Kier molecular flexibility index (Phi) is 6.56. The number of halogens is 2. The van der Waals surface area contributed by atoms with Gasteiger partial charge in [-0.25, -0.2) is 4.79 Å². The van der Waals surface area contributed by atoms with Crippen LogP contribution in [0, 0.1) is 11.3 Å². The summed E-state index contributed by atoms with van der Waals surface area (Å²) >= 11 is 12.0. The van der Waals surface area contributed by atoms with Crippen molar-refractivity contribution >= 4 is 40.8 Å². The zero-order chi connectivity index (χ0) is 20.8. The van der Waals surface area contributed by atoms with E-state index in [4.69, 9.17) is 33.0 Å². The molecule has 0 amide bonds. The Hall–Kier alpha value is -3.26. The maximum absolute atomic E-state index is 10.9. The van der Waals surface area contributed by atoms with Gasteiger partial charge in [0.25, 0.3) is 0 Å². The highest BCUT2D eigenvalue weighted by molar-refractivity contribution is 6.35. The van der Waals surface area contributed by atoms with E-state index in [1.807, 2.05) is 18.2 Å². The van der Waals surface area contributed by atoms with Crippen molar-refractivity contribution in [3.8, 4) is 11.8 Å². The van der Waals surface area contributed by atoms with Crippen LogP contribution in [-0.4, -0.2) is 11.1 Å². The topological polar surface area (TPSA) is 70.3 Å². The van der Waals surface area contributed by atoms with Gasteiger partial charge in [0.15, 0.2) is 0 Å². The minimum atomic E-state index is -1.01. The number of hydrogen-bond donors (Lipinski definition) is 1. The first-order valence-electron chi connectivity index (χ1n) is 8.58. The van der Waals surface area contributed by atoms with Gasteiger partial charge in [-0.3, -0.25) is 0 Å². The summed E-state index contributed by atoms with van der Waals surface area (Å²) < 4.78 is 5.75. The van der Waals surface area contributed by atoms with Crippen molar-refractivity contribution in [2.24, 2.45) is 0 Å². The Balaban J connectivity index is 1.71. The molecule has 0 heterocycles. The minimum absolute atomic E-state index is 0.174. The largest absolute Gasteiger partial charge is 0.489 e. The van der Waals surface area contributed by atoms with Crippen LogP contribution in [0.25, 0.3) is 11.6 Å². The molecular weight excluding hydrogens is 409 g/mol. The molecule has 0 radical (unpaired) electrons. The SMILES string of the molecule is N#C/C(=C/c1ccc(OCc2ccc(Cl)cc2Cl)cc1)c1ccc(C(=O)O)cc1. The fourth-order valence-electron chi connectivity index (χ4n) is 2.60. The first-order valence-corrected chi connectivity index (χ1v) is 9.34. The molecule has 0 fully saturated rings. The van der Waals surface area contributed by atoms with E-state index in [2.05, 4.69) is 6.07 Å². The fraction of sp³-hybridized carbons (Fsp3) is 0.0435. The molecule has 3 rings (SSSR count). The Morgan fingerprint density at radius 1 is 1.00 bits per heavy atom. The van der Waals surface area contributed by atoms with Gasteiger partial charge in [-0.05, 0) is 53.6 Å². The third-order valence-corrected chi connectivity index (χ3v) is 4.75. The summed E-state index contributed by atoms with van der Waals surface area (Å²) in [6.45, 7) is 0.310. The molecule has 144 valence electrons. The Morgan fingerprint density at radius 3 is 2.24 bits per heavy atom. The van der Waals surface area contributed by atoms with E-state index in [9.17, 15) is 10.1 Å². The third kappa shape index (κ3) is 5.39. The van der Waals surface area contributed by atoms with Crippen LogP contribution in [0.1, 0.15) is 27.0 Å². The summed E-state index contributed by atoms with van der Waals surface area (Å²) in [7, 11) is 0. The summed E-state index contributed by atoms with van der Waals surface area (Å²) in [5.41, 5.74) is 2.91. The van der Waals surface area contributed by atoms with Crippen molar-refractivity contribution in [1.29, 1.82) is 5.26 Å². The molecule has 0 unspecified atom stereocenters. The molecule has 0 aliphatic carbocycles. The lowest BCUT2D eigenvalue weighted by molar-refractivity contribution is 0.0697. The molecule has 0 aromatic heterocycles. The third-order valence-electron chi connectivity index (χ3n) is 4.16. The van der Waals surface area contributed by atoms with E-state index >= 15 is 0 Å². The van der Waals surface area contributed by atoms with Crippen LogP contribution in [0.15, 0.2) is 66.7 Å². The second-order valence-corrected chi connectivity index (χ2v) is 6.99. The highest BCUT2D eigenvalue weighted by Gasteiger charge is 2.06. The maximum atomic E-state index is 10.9. The maximum Gasteiger partial charge on any atom is 0.335 e. The van der Waals surface area contributed by atoms with Gasteiger partial charge in [-0.15, -0.1) is 0 Å². The number of nitrogens with zero attached hydrogens (tertiary/aromatic N) is 1. The van der Waals surface area contributed by atoms with Crippen LogP contribution in [0.3, 0.4) is 0 Å². The number of carbonyl (C=O) groups is 1. The molecule has 0 aliphatic heterocycles. The van der Waals surface area contributed by atoms with Gasteiger partial charge in [0.05, 0.1) is 17.2 Å².